The second-order valence-electron chi connectivity index (χ2n) is 4.71. The maximum absolute atomic E-state index is 6.02. The highest BCUT2D eigenvalue weighted by Gasteiger charge is 2.35. The summed E-state index contributed by atoms with van der Waals surface area (Å²) in [5, 5.41) is 0. The smallest absolute Gasteiger partial charge is 0.0692 e. The topological polar surface area (TPSA) is 9.23 Å². The van der Waals surface area contributed by atoms with E-state index in [-0.39, 0.29) is 5.60 Å². The van der Waals surface area contributed by atoms with Crippen LogP contribution >= 0.6 is 0 Å². The first-order chi connectivity index (χ1) is 6.31. The van der Waals surface area contributed by atoms with Crippen molar-refractivity contribution in [3.8, 4) is 0 Å². The van der Waals surface area contributed by atoms with Gasteiger partial charge in [0.2, 0.25) is 0 Å². The van der Waals surface area contributed by atoms with E-state index in [1.165, 1.54) is 38.5 Å². The van der Waals surface area contributed by atoms with E-state index in [4.69, 9.17) is 4.74 Å². The summed E-state index contributed by atoms with van der Waals surface area (Å²) in [6.45, 7) is 3.20. The molecule has 0 aromatic rings. The largest absolute Gasteiger partial charge is 0.371 e. The number of allylic oxidation sites excluding steroid dienone is 1. The maximum atomic E-state index is 6.02. The van der Waals surface area contributed by atoms with Crippen LogP contribution in [0.5, 0.6) is 0 Å². The van der Waals surface area contributed by atoms with E-state index in [9.17, 15) is 0 Å². The molecule has 1 heteroatoms. The minimum Gasteiger partial charge on any atom is -0.371 e. The Hall–Kier alpha value is -0.300. The summed E-state index contributed by atoms with van der Waals surface area (Å²) in [5.41, 5.74) is 0.251. The van der Waals surface area contributed by atoms with Crippen LogP contribution in [0.1, 0.15) is 45.4 Å². The SMILES string of the molecule is C[C@@H]1CCC[C@@]2(CCC=CCO2)C1. The second-order valence-corrected chi connectivity index (χ2v) is 4.71. The monoisotopic (exact) mass is 180 g/mol. The first-order valence-corrected chi connectivity index (χ1v) is 5.60. The molecule has 1 nitrogen and oxygen atoms in total. The quantitative estimate of drug-likeness (QED) is 0.520. The summed E-state index contributed by atoms with van der Waals surface area (Å²) in [7, 11) is 0. The minimum atomic E-state index is 0.251. The van der Waals surface area contributed by atoms with Crippen LogP contribution < -0.4 is 0 Å². The van der Waals surface area contributed by atoms with Crippen molar-refractivity contribution in [1.82, 2.24) is 0 Å². The van der Waals surface area contributed by atoms with Gasteiger partial charge in [0.25, 0.3) is 0 Å². The van der Waals surface area contributed by atoms with E-state index < -0.39 is 0 Å². The van der Waals surface area contributed by atoms with Gasteiger partial charge in [-0.15, -0.1) is 0 Å². The lowest BCUT2D eigenvalue weighted by Gasteiger charge is -2.39. The van der Waals surface area contributed by atoms with Crippen LogP contribution in [0, 0.1) is 5.92 Å². The highest BCUT2D eigenvalue weighted by molar-refractivity contribution is 4.95. The van der Waals surface area contributed by atoms with Crippen LogP contribution in [-0.4, -0.2) is 12.2 Å². The molecule has 1 heterocycles. The Bertz CT molecular complexity index is 185. The van der Waals surface area contributed by atoms with E-state index in [1.807, 2.05) is 0 Å². The van der Waals surface area contributed by atoms with Crippen LogP contribution in [0.4, 0.5) is 0 Å². The molecule has 0 radical (unpaired) electrons. The van der Waals surface area contributed by atoms with E-state index in [0.29, 0.717) is 0 Å². The van der Waals surface area contributed by atoms with E-state index in [2.05, 4.69) is 19.1 Å². The zero-order valence-electron chi connectivity index (χ0n) is 8.59. The van der Waals surface area contributed by atoms with Crippen LogP contribution in [0.2, 0.25) is 0 Å². The van der Waals surface area contributed by atoms with E-state index in [1.54, 1.807) is 0 Å². The molecule has 13 heavy (non-hydrogen) atoms. The second kappa shape index (κ2) is 3.83. The summed E-state index contributed by atoms with van der Waals surface area (Å²) in [4.78, 5) is 0. The van der Waals surface area contributed by atoms with Gasteiger partial charge in [-0.1, -0.05) is 31.9 Å². The Morgan fingerprint density at radius 3 is 3.08 bits per heavy atom. The highest BCUT2D eigenvalue weighted by atomic mass is 16.5. The third kappa shape index (κ3) is 2.14. The molecule has 0 bridgehead atoms. The van der Waals surface area contributed by atoms with Gasteiger partial charge in [-0.2, -0.15) is 0 Å². The molecule has 1 saturated carbocycles. The average Bonchev–Trinajstić information content (AvgIpc) is 2.31. The molecule has 2 rings (SSSR count). The van der Waals surface area contributed by atoms with Crippen molar-refractivity contribution in [1.29, 1.82) is 0 Å². The molecule has 0 saturated heterocycles. The normalized spacial score (nSPS) is 40.5. The lowest BCUT2D eigenvalue weighted by molar-refractivity contribution is -0.0714. The lowest BCUT2D eigenvalue weighted by Crippen LogP contribution is -2.37. The van der Waals surface area contributed by atoms with Gasteiger partial charge in [0.05, 0.1) is 12.2 Å². The average molecular weight is 180 g/mol. The van der Waals surface area contributed by atoms with E-state index in [0.717, 1.165) is 12.5 Å². The summed E-state index contributed by atoms with van der Waals surface area (Å²) in [6.07, 6.45) is 12.2. The standard InChI is InChI=1S/C12H20O/c1-11-6-5-8-12(10-11)7-3-2-4-9-13-12/h2,4,11H,3,5-10H2,1H3/t11-,12+/m1/s1. The number of hydrogen-bond donors (Lipinski definition) is 0. The van der Waals surface area contributed by atoms with Gasteiger partial charge in [-0.3, -0.25) is 0 Å². The van der Waals surface area contributed by atoms with Gasteiger partial charge in [-0.25, -0.2) is 0 Å². The Balaban J connectivity index is 2.01. The molecule has 2 atom stereocenters. The van der Waals surface area contributed by atoms with Gasteiger partial charge in [0.15, 0.2) is 0 Å². The third-order valence-electron chi connectivity index (χ3n) is 3.47. The predicted molar refractivity (Wildman–Crippen MR) is 54.7 cm³/mol. The zero-order chi connectivity index (χ0) is 9.15. The number of ether oxygens (including phenoxy) is 1. The van der Waals surface area contributed by atoms with Crippen molar-refractivity contribution in [3.63, 3.8) is 0 Å². The number of rotatable bonds is 0. The van der Waals surface area contributed by atoms with Gasteiger partial charge >= 0.3 is 0 Å². The van der Waals surface area contributed by atoms with Crippen LogP contribution in [0.25, 0.3) is 0 Å². The maximum Gasteiger partial charge on any atom is 0.0692 e. The molecule has 1 fully saturated rings. The first-order valence-electron chi connectivity index (χ1n) is 5.60. The van der Waals surface area contributed by atoms with Crippen molar-refractivity contribution in [2.45, 2.75) is 51.0 Å². The fraction of sp³-hybridized carbons (Fsp3) is 0.833. The van der Waals surface area contributed by atoms with Gasteiger partial charge in [-0.05, 0) is 31.6 Å². The predicted octanol–water partition coefficient (Wildman–Crippen LogP) is 3.30. The van der Waals surface area contributed by atoms with Crippen molar-refractivity contribution >= 4 is 0 Å². The lowest BCUT2D eigenvalue weighted by atomic mass is 9.76. The van der Waals surface area contributed by atoms with Crippen LogP contribution in [0.3, 0.4) is 0 Å². The van der Waals surface area contributed by atoms with Crippen LogP contribution in [0.15, 0.2) is 12.2 Å². The Morgan fingerprint density at radius 1 is 1.31 bits per heavy atom. The molecule has 1 aliphatic carbocycles. The van der Waals surface area contributed by atoms with Crippen molar-refractivity contribution in [2.75, 3.05) is 6.61 Å². The molecule has 0 aromatic carbocycles. The van der Waals surface area contributed by atoms with Gasteiger partial charge < -0.3 is 4.74 Å². The minimum absolute atomic E-state index is 0.251. The Labute approximate surface area is 81.2 Å². The van der Waals surface area contributed by atoms with Crippen molar-refractivity contribution in [3.05, 3.63) is 12.2 Å². The Morgan fingerprint density at radius 2 is 2.23 bits per heavy atom. The number of hydrogen-bond acceptors (Lipinski definition) is 1. The van der Waals surface area contributed by atoms with E-state index >= 15 is 0 Å². The summed E-state index contributed by atoms with van der Waals surface area (Å²) < 4.78 is 6.02. The molecule has 0 aromatic heterocycles. The first kappa shape index (κ1) is 9.26. The van der Waals surface area contributed by atoms with Gasteiger partial charge in [0, 0.05) is 0 Å². The Kier molecular flexibility index (Phi) is 2.73. The third-order valence-corrected chi connectivity index (χ3v) is 3.47. The molecule has 0 N–H and O–H groups in total. The van der Waals surface area contributed by atoms with Crippen LogP contribution in [-0.2, 0) is 4.74 Å². The highest BCUT2D eigenvalue weighted by Crippen LogP contribution is 2.39. The van der Waals surface area contributed by atoms with Crippen molar-refractivity contribution < 1.29 is 4.74 Å². The van der Waals surface area contributed by atoms with Crippen molar-refractivity contribution in [2.24, 2.45) is 5.92 Å². The summed E-state index contributed by atoms with van der Waals surface area (Å²) >= 11 is 0. The molecule has 74 valence electrons. The zero-order valence-corrected chi connectivity index (χ0v) is 8.59. The molecule has 2 aliphatic rings. The molecule has 0 unspecified atom stereocenters. The molecular formula is C12H20O. The molecule has 0 amide bonds. The molecule has 1 aliphatic heterocycles. The molecule has 1 spiro atoms. The fourth-order valence-electron chi connectivity index (χ4n) is 2.80. The fourth-order valence-corrected chi connectivity index (χ4v) is 2.80. The van der Waals surface area contributed by atoms with Gasteiger partial charge in [0.1, 0.15) is 0 Å². The molecular weight excluding hydrogens is 160 g/mol. The summed E-state index contributed by atoms with van der Waals surface area (Å²) in [5.74, 6) is 0.867. The summed E-state index contributed by atoms with van der Waals surface area (Å²) in [6, 6.07) is 0.